The number of hydrogen-bond acceptors (Lipinski definition) is 1. The molecule has 0 amide bonds. The van der Waals surface area contributed by atoms with Gasteiger partial charge in [-0.15, -0.1) is 0 Å². The predicted octanol–water partition coefficient (Wildman–Crippen LogP) is 5.83. The molecule has 3 rings (SSSR count). The highest BCUT2D eigenvalue weighted by Gasteiger charge is 1.99. The first-order valence-electron chi connectivity index (χ1n) is 7.10. The second-order valence-corrected chi connectivity index (χ2v) is 6.47. The maximum Gasteiger partial charge on any atom is 0.0400 e. The SMILES string of the molecule is Cc1cc(C)cc(CNc2ccc3cc(Br)ccc3c2)c1. The summed E-state index contributed by atoms with van der Waals surface area (Å²) in [5.74, 6) is 0. The third kappa shape index (κ3) is 3.45. The van der Waals surface area contributed by atoms with Gasteiger partial charge in [0.1, 0.15) is 0 Å². The molecule has 0 aliphatic rings. The van der Waals surface area contributed by atoms with E-state index in [9.17, 15) is 0 Å². The van der Waals surface area contributed by atoms with Crippen molar-refractivity contribution in [1.82, 2.24) is 0 Å². The summed E-state index contributed by atoms with van der Waals surface area (Å²) in [4.78, 5) is 0. The molecule has 0 aliphatic carbocycles. The molecular weight excluding hydrogens is 322 g/mol. The van der Waals surface area contributed by atoms with Gasteiger partial charge in [0.2, 0.25) is 0 Å². The van der Waals surface area contributed by atoms with E-state index in [1.807, 2.05) is 0 Å². The van der Waals surface area contributed by atoms with E-state index < -0.39 is 0 Å². The van der Waals surface area contributed by atoms with Crippen molar-refractivity contribution >= 4 is 32.4 Å². The molecule has 0 heterocycles. The molecule has 21 heavy (non-hydrogen) atoms. The number of benzene rings is 3. The lowest BCUT2D eigenvalue weighted by Gasteiger charge is -2.09. The van der Waals surface area contributed by atoms with Gasteiger partial charge in [0.05, 0.1) is 0 Å². The smallest absolute Gasteiger partial charge is 0.0400 e. The Kier molecular flexibility index (Phi) is 3.98. The summed E-state index contributed by atoms with van der Waals surface area (Å²) in [7, 11) is 0. The van der Waals surface area contributed by atoms with Crippen molar-refractivity contribution in [1.29, 1.82) is 0 Å². The molecule has 0 spiro atoms. The summed E-state index contributed by atoms with van der Waals surface area (Å²) in [6, 6.07) is 19.5. The number of anilines is 1. The number of hydrogen-bond donors (Lipinski definition) is 1. The van der Waals surface area contributed by atoms with E-state index in [0.717, 1.165) is 16.7 Å². The molecule has 0 unspecified atom stereocenters. The van der Waals surface area contributed by atoms with Crippen LogP contribution in [0, 0.1) is 13.8 Å². The van der Waals surface area contributed by atoms with Crippen LogP contribution in [0.4, 0.5) is 5.69 Å². The summed E-state index contributed by atoms with van der Waals surface area (Å²) in [6.07, 6.45) is 0. The van der Waals surface area contributed by atoms with Gasteiger partial charge >= 0.3 is 0 Å². The molecule has 0 aliphatic heterocycles. The van der Waals surface area contributed by atoms with Gasteiger partial charge in [-0.3, -0.25) is 0 Å². The molecule has 106 valence electrons. The van der Waals surface area contributed by atoms with Crippen LogP contribution in [0.15, 0.2) is 59.1 Å². The Balaban J connectivity index is 1.80. The van der Waals surface area contributed by atoms with E-state index in [2.05, 4.69) is 89.7 Å². The largest absolute Gasteiger partial charge is 0.381 e. The zero-order chi connectivity index (χ0) is 14.8. The Morgan fingerprint density at radius 1 is 0.810 bits per heavy atom. The van der Waals surface area contributed by atoms with Gasteiger partial charge in [0, 0.05) is 16.7 Å². The Labute approximate surface area is 134 Å². The summed E-state index contributed by atoms with van der Waals surface area (Å²) in [5.41, 5.74) is 5.11. The number of halogens is 1. The highest BCUT2D eigenvalue weighted by Crippen LogP contribution is 2.23. The summed E-state index contributed by atoms with van der Waals surface area (Å²) in [5, 5.41) is 6.01. The third-order valence-corrected chi connectivity index (χ3v) is 4.07. The van der Waals surface area contributed by atoms with Crippen molar-refractivity contribution in [3.63, 3.8) is 0 Å². The standard InChI is InChI=1S/C19H18BrN/c1-13-7-14(2)9-15(8-13)12-21-19-6-4-16-10-18(20)5-3-17(16)11-19/h3-11,21H,12H2,1-2H3. The molecule has 0 atom stereocenters. The van der Waals surface area contributed by atoms with E-state index in [1.54, 1.807) is 0 Å². The number of aryl methyl sites for hydroxylation is 2. The topological polar surface area (TPSA) is 12.0 Å². The van der Waals surface area contributed by atoms with Gasteiger partial charge in [-0.2, -0.15) is 0 Å². The zero-order valence-electron chi connectivity index (χ0n) is 12.3. The Morgan fingerprint density at radius 2 is 1.48 bits per heavy atom. The maximum absolute atomic E-state index is 3.51. The van der Waals surface area contributed by atoms with Crippen molar-refractivity contribution < 1.29 is 0 Å². The fourth-order valence-corrected chi connectivity index (χ4v) is 3.08. The first-order valence-corrected chi connectivity index (χ1v) is 7.90. The minimum atomic E-state index is 0.852. The molecule has 1 N–H and O–H groups in total. The number of nitrogens with one attached hydrogen (secondary N) is 1. The molecule has 0 saturated heterocycles. The molecular formula is C19H18BrN. The average molecular weight is 340 g/mol. The van der Waals surface area contributed by atoms with Crippen LogP contribution >= 0.6 is 15.9 Å². The van der Waals surface area contributed by atoms with E-state index in [-0.39, 0.29) is 0 Å². The highest BCUT2D eigenvalue weighted by molar-refractivity contribution is 9.10. The summed E-state index contributed by atoms with van der Waals surface area (Å²) < 4.78 is 1.12. The molecule has 0 fully saturated rings. The minimum Gasteiger partial charge on any atom is -0.381 e. The van der Waals surface area contributed by atoms with Crippen molar-refractivity contribution in [2.75, 3.05) is 5.32 Å². The van der Waals surface area contributed by atoms with E-state index in [1.165, 1.54) is 27.5 Å². The first kappa shape index (κ1) is 14.2. The van der Waals surface area contributed by atoms with Crippen LogP contribution < -0.4 is 5.32 Å². The summed E-state index contributed by atoms with van der Waals surface area (Å²) in [6.45, 7) is 5.14. The van der Waals surface area contributed by atoms with Crippen LogP contribution in [-0.4, -0.2) is 0 Å². The lowest BCUT2D eigenvalue weighted by Crippen LogP contribution is -2.00. The quantitative estimate of drug-likeness (QED) is 0.632. The third-order valence-electron chi connectivity index (χ3n) is 3.58. The van der Waals surface area contributed by atoms with E-state index in [0.29, 0.717) is 0 Å². The van der Waals surface area contributed by atoms with Crippen LogP contribution in [-0.2, 0) is 6.54 Å². The van der Waals surface area contributed by atoms with Crippen LogP contribution in [0.2, 0.25) is 0 Å². The second-order valence-electron chi connectivity index (χ2n) is 5.56. The van der Waals surface area contributed by atoms with Gasteiger partial charge in [0.15, 0.2) is 0 Å². The minimum absolute atomic E-state index is 0.852. The van der Waals surface area contributed by atoms with Gasteiger partial charge in [-0.05, 0) is 54.4 Å². The Morgan fingerprint density at radius 3 is 2.24 bits per heavy atom. The normalized spacial score (nSPS) is 10.8. The predicted molar refractivity (Wildman–Crippen MR) is 94.9 cm³/mol. The fourth-order valence-electron chi connectivity index (χ4n) is 2.70. The van der Waals surface area contributed by atoms with Crippen molar-refractivity contribution in [3.8, 4) is 0 Å². The fraction of sp³-hybridized carbons (Fsp3) is 0.158. The molecule has 0 aromatic heterocycles. The summed E-state index contributed by atoms with van der Waals surface area (Å²) >= 11 is 3.51. The zero-order valence-corrected chi connectivity index (χ0v) is 13.9. The van der Waals surface area contributed by atoms with Crippen molar-refractivity contribution in [2.24, 2.45) is 0 Å². The highest BCUT2D eigenvalue weighted by atomic mass is 79.9. The van der Waals surface area contributed by atoms with Crippen molar-refractivity contribution in [2.45, 2.75) is 20.4 Å². The van der Waals surface area contributed by atoms with Crippen LogP contribution in [0.25, 0.3) is 10.8 Å². The van der Waals surface area contributed by atoms with Gasteiger partial charge in [-0.1, -0.05) is 57.4 Å². The maximum atomic E-state index is 3.51. The lowest BCUT2D eigenvalue weighted by atomic mass is 10.1. The average Bonchev–Trinajstić information content (AvgIpc) is 2.44. The molecule has 0 bridgehead atoms. The van der Waals surface area contributed by atoms with Crippen molar-refractivity contribution in [3.05, 3.63) is 75.8 Å². The molecule has 0 saturated carbocycles. The Hall–Kier alpha value is -1.80. The monoisotopic (exact) mass is 339 g/mol. The molecule has 2 heteroatoms. The van der Waals surface area contributed by atoms with Crippen LogP contribution in [0.3, 0.4) is 0 Å². The first-order chi connectivity index (χ1) is 10.1. The van der Waals surface area contributed by atoms with E-state index >= 15 is 0 Å². The molecule has 1 nitrogen and oxygen atoms in total. The van der Waals surface area contributed by atoms with Gasteiger partial charge in [-0.25, -0.2) is 0 Å². The van der Waals surface area contributed by atoms with E-state index in [4.69, 9.17) is 0 Å². The molecule has 0 radical (unpaired) electrons. The number of fused-ring (bicyclic) bond motifs is 1. The second kappa shape index (κ2) is 5.90. The molecule has 3 aromatic rings. The Bertz CT molecular complexity index is 772. The van der Waals surface area contributed by atoms with Crippen LogP contribution in [0.5, 0.6) is 0 Å². The lowest BCUT2D eigenvalue weighted by molar-refractivity contribution is 1.13. The van der Waals surface area contributed by atoms with Gasteiger partial charge < -0.3 is 5.32 Å². The van der Waals surface area contributed by atoms with Gasteiger partial charge in [0.25, 0.3) is 0 Å². The molecule has 3 aromatic carbocycles. The number of rotatable bonds is 3. The van der Waals surface area contributed by atoms with Crippen LogP contribution in [0.1, 0.15) is 16.7 Å².